The van der Waals surface area contributed by atoms with Gasteiger partial charge in [0.25, 0.3) is 5.91 Å². The molecule has 2 aromatic rings. The Morgan fingerprint density at radius 1 is 1.09 bits per heavy atom. The van der Waals surface area contributed by atoms with Crippen molar-refractivity contribution in [2.45, 2.75) is 44.0 Å². The van der Waals surface area contributed by atoms with E-state index in [4.69, 9.17) is 34.5 Å². The standard InChI is InChI=1S/C21H30ClN9O3S/c1-11(2)14(19(25)32)31-35(34)13-8-6-12(7-9-13)5-3-4-10-27-21(26)30-20(33)15-17(23)29-18(24)16(22)28-15/h6-9,11,14,31H,3-5,10H2,1-2H3,(H2,25,32)(H4,23,24,29)(H3,26,27,30,33). The summed E-state index contributed by atoms with van der Waals surface area (Å²) in [5.74, 6) is -1.65. The quantitative estimate of drug-likeness (QED) is 0.138. The van der Waals surface area contributed by atoms with Crippen molar-refractivity contribution in [3.8, 4) is 0 Å². The maximum atomic E-state index is 12.5. The van der Waals surface area contributed by atoms with Gasteiger partial charge in [0.05, 0.1) is 4.90 Å². The Hall–Kier alpha value is -3.29. The Labute approximate surface area is 210 Å². The lowest BCUT2D eigenvalue weighted by molar-refractivity contribution is -0.120. The maximum Gasteiger partial charge on any atom is 0.280 e. The number of halogens is 1. The number of nitrogens with two attached hydrogens (primary N) is 4. The lowest BCUT2D eigenvalue weighted by Gasteiger charge is -2.18. The van der Waals surface area contributed by atoms with Gasteiger partial charge in [0.15, 0.2) is 28.4 Å². The summed E-state index contributed by atoms with van der Waals surface area (Å²) in [6, 6.07) is 6.58. The lowest BCUT2D eigenvalue weighted by Crippen LogP contribution is -2.45. The zero-order valence-electron chi connectivity index (χ0n) is 19.5. The summed E-state index contributed by atoms with van der Waals surface area (Å²) in [4.78, 5) is 35.9. The van der Waals surface area contributed by atoms with Crippen molar-refractivity contribution in [1.29, 1.82) is 0 Å². The number of aliphatic imine (C=N–C) groups is 1. The number of amides is 2. The average Bonchev–Trinajstić information content (AvgIpc) is 2.79. The van der Waals surface area contributed by atoms with Gasteiger partial charge in [0, 0.05) is 6.54 Å². The molecule has 12 nitrogen and oxygen atoms in total. The monoisotopic (exact) mass is 523 g/mol. The Bertz CT molecular complexity index is 1110. The highest BCUT2D eigenvalue weighted by Gasteiger charge is 2.22. The van der Waals surface area contributed by atoms with Crippen LogP contribution in [0.1, 0.15) is 42.7 Å². The molecule has 1 heterocycles. The van der Waals surface area contributed by atoms with Gasteiger partial charge in [0.1, 0.15) is 17.0 Å². The number of carbonyl (C=O) groups excluding carboxylic acids is 2. The first-order chi connectivity index (χ1) is 16.5. The highest BCUT2D eigenvalue weighted by atomic mass is 35.5. The molecule has 0 spiro atoms. The van der Waals surface area contributed by atoms with Crippen LogP contribution in [0.3, 0.4) is 0 Å². The third kappa shape index (κ3) is 8.46. The predicted molar refractivity (Wildman–Crippen MR) is 137 cm³/mol. The summed E-state index contributed by atoms with van der Waals surface area (Å²) in [5, 5.41) is 2.24. The summed E-state index contributed by atoms with van der Waals surface area (Å²) < 4.78 is 15.2. The third-order valence-corrected chi connectivity index (χ3v) is 6.31. The van der Waals surface area contributed by atoms with Crippen LogP contribution in [0.25, 0.3) is 0 Å². The molecule has 0 saturated carbocycles. The van der Waals surface area contributed by atoms with E-state index in [-0.39, 0.29) is 34.4 Å². The highest BCUT2D eigenvalue weighted by Crippen LogP contribution is 2.17. The first kappa shape index (κ1) is 28.0. The third-order valence-electron chi connectivity index (χ3n) is 4.86. The minimum absolute atomic E-state index is 0.0789. The number of hydrogen-bond acceptors (Lipinski definition) is 8. The molecule has 10 N–H and O–H groups in total. The SMILES string of the molecule is CC(C)C(NS(=O)c1ccc(CCCCN=C(N)NC(=O)c2nc(Cl)c(N)nc2N)cc1)C(N)=O. The van der Waals surface area contributed by atoms with Gasteiger partial charge in [-0.1, -0.05) is 37.6 Å². The molecular formula is C21H30ClN9O3S. The molecule has 1 aromatic carbocycles. The fourth-order valence-electron chi connectivity index (χ4n) is 2.95. The van der Waals surface area contributed by atoms with Crippen LogP contribution in [-0.2, 0) is 22.2 Å². The van der Waals surface area contributed by atoms with E-state index in [2.05, 4.69) is 25.0 Å². The molecule has 0 saturated heterocycles. The molecule has 0 aliphatic rings. The minimum Gasteiger partial charge on any atom is -0.382 e. The molecule has 2 atom stereocenters. The van der Waals surface area contributed by atoms with Crippen molar-refractivity contribution in [3.63, 3.8) is 0 Å². The van der Waals surface area contributed by atoms with Crippen LogP contribution >= 0.6 is 11.6 Å². The van der Waals surface area contributed by atoms with E-state index in [1.807, 2.05) is 26.0 Å². The fraction of sp³-hybridized carbons (Fsp3) is 0.381. The fourth-order valence-corrected chi connectivity index (χ4v) is 4.21. The van der Waals surface area contributed by atoms with E-state index >= 15 is 0 Å². The molecule has 0 bridgehead atoms. The number of unbranched alkanes of at least 4 members (excludes halogenated alkanes) is 1. The number of aryl methyl sites for hydroxylation is 1. The van der Waals surface area contributed by atoms with E-state index in [9.17, 15) is 13.8 Å². The van der Waals surface area contributed by atoms with Crippen molar-refractivity contribution >= 4 is 52.0 Å². The van der Waals surface area contributed by atoms with Crippen LogP contribution in [0, 0.1) is 5.92 Å². The zero-order valence-corrected chi connectivity index (χ0v) is 21.0. The van der Waals surface area contributed by atoms with Crippen molar-refractivity contribution in [1.82, 2.24) is 20.0 Å². The summed E-state index contributed by atoms with van der Waals surface area (Å²) >= 11 is 5.77. The van der Waals surface area contributed by atoms with E-state index in [1.165, 1.54) is 0 Å². The summed E-state index contributed by atoms with van der Waals surface area (Å²) in [7, 11) is -1.55. The van der Waals surface area contributed by atoms with Crippen LogP contribution in [0.5, 0.6) is 0 Å². The van der Waals surface area contributed by atoms with Crippen LogP contribution in [0.2, 0.25) is 5.15 Å². The van der Waals surface area contributed by atoms with Crippen molar-refractivity contribution in [3.05, 3.63) is 40.7 Å². The number of nitrogens with one attached hydrogen (secondary N) is 2. The number of benzene rings is 1. The number of nitrogens with zero attached hydrogens (tertiary/aromatic N) is 3. The minimum atomic E-state index is -1.55. The first-order valence-electron chi connectivity index (χ1n) is 10.8. The average molecular weight is 524 g/mol. The number of hydrogen-bond donors (Lipinski definition) is 6. The second-order valence-electron chi connectivity index (χ2n) is 7.97. The van der Waals surface area contributed by atoms with Gasteiger partial charge in [-0.15, -0.1) is 0 Å². The predicted octanol–water partition coefficient (Wildman–Crippen LogP) is 0.484. The zero-order chi connectivity index (χ0) is 26.1. The molecule has 1 aromatic heterocycles. The normalized spacial score (nSPS) is 13.4. The van der Waals surface area contributed by atoms with E-state index in [0.717, 1.165) is 24.8 Å². The second-order valence-corrected chi connectivity index (χ2v) is 9.57. The topological polar surface area (TPSA) is 217 Å². The molecular weight excluding hydrogens is 494 g/mol. The highest BCUT2D eigenvalue weighted by molar-refractivity contribution is 7.83. The van der Waals surface area contributed by atoms with Gasteiger partial charge in [0.2, 0.25) is 5.91 Å². The van der Waals surface area contributed by atoms with Crippen LogP contribution in [0.15, 0.2) is 34.2 Å². The van der Waals surface area contributed by atoms with Crippen LogP contribution in [-0.4, -0.2) is 44.5 Å². The Balaban J connectivity index is 1.79. The molecule has 0 fully saturated rings. The Morgan fingerprint density at radius 3 is 2.34 bits per heavy atom. The largest absolute Gasteiger partial charge is 0.382 e. The Morgan fingerprint density at radius 2 is 1.74 bits per heavy atom. The molecule has 0 aliphatic heterocycles. The molecule has 2 unspecified atom stereocenters. The first-order valence-corrected chi connectivity index (χ1v) is 12.3. The van der Waals surface area contributed by atoms with Gasteiger partial charge in [-0.05, 0) is 42.9 Å². The van der Waals surface area contributed by atoms with Gasteiger partial charge < -0.3 is 22.9 Å². The maximum absolute atomic E-state index is 12.5. The molecule has 2 rings (SSSR count). The number of rotatable bonds is 11. The number of guanidine groups is 1. The molecule has 35 heavy (non-hydrogen) atoms. The van der Waals surface area contributed by atoms with Crippen LogP contribution < -0.4 is 33.0 Å². The number of aromatic nitrogens is 2. The molecule has 190 valence electrons. The van der Waals surface area contributed by atoms with E-state index in [0.29, 0.717) is 11.4 Å². The molecule has 0 radical (unpaired) electrons. The van der Waals surface area contributed by atoms with Crippen molar-refractivity contribution in [2.24, 2.45) is 22.4 Å². The Kier molecular flexibility index (Phi) is 10.4. The number of primary amides is 1. The van der Waals surface area contributed by atoms with Gasteiger partial charge in [-0.25, -0.2) is 18.9 Å². The molecule has 2 amide bonds. The number of anilines is 2. The van der Waals surface area contributed by atoms with Crippen molar-refractivity contribution < 1.29 is 13.8 Å². The van der Waals surface area contributed by atoms with Crippen molar-refractivity contribution in [2.75, 3.05) is 18.0 Å². The summed E-state index contributed by atoms with van der Waals surface area (Å²) in [6.45, 7) is 4.05. The van der Waals surface area contributed by atoms with Crippen LogP contribution in [0.4, 0.5) is 11.6 Å². The summed E-state index contributed by atoms with van der Waals surface area (Å²) in [6.07, 6.45) is 2.30. The van der Waals surface area contributed by atoms with E-state index < -0.39 is 28.8 Å². The lowest BCUT2D eigenvalue weighted by atomic mass is 10.1. The second kappa shape index (κ2) is 13.0. The number of carbonyl (C=O) groups is 2. The summed E-state index contributed by atoms with van der Waals surface area (Å²) in [5.41, 5.74) is 23.1. The smallest absolute Gasteiger partial charge is 0.280 e. The van der Waals surface area contributed by atoms with E-state index in [1.54, 1.807) is 12.1 Å². The molecule has 0 aliphatic carbocycles. The molecule has 14 heteroatoms. The van der Waals surface area contributed by atoms with Gasteiger partial charge >= 0.3 is 0 Å². The van der Waals surface area contributed by atoms with Gasteiger partial charge in [-0.3, -0.25) is 19.9 Å². The number of nitrogen functional groups attached to an aromatic ring is 2. The van der Waals surface area contributed by atoms with Gasteiger partial charge in [-0.2, -0.15) is 0 Å².